The Labute approximate surface area is 110 Å². The standard InChI is InChI=1S/C15H14FNO2/c16-12-3-1-2-10(8-12)9-17-7-6-13(15(18)19)14(17)11-4-5-11/h1-3,6-8,11H,4-5,9H2,(H,18,19). The van der Waals surface area contributed by atoms with Crippen molar-refractivity contribution in [2.45, 2.75) is 25.3 Å². The highest BCUT2D eigenvalue weighted by atomic mass is 19.1. The fourth-order valence-corrected chi connectivity index (χ4v) is 2.45. The molecule has 1 N–H and O–H groups in total. The third kappa shape index (κ3) is 2.38. The van der Waals surface area contributed by atoms with Crippen LogP contribution in [0.25, 0.3) is 0 Å². The molecule has 1 fully saturated rings. The Bertz CT molecular complexity index is 629. The Kier molecular flexibility index (Phi) is 2.85. The van der Waals surface area contributed by atoms with Crippen LogP contribution in [0.1, 0.15) is 40.4 Å². The lowest BCUT2D eigenvalue weighted by Crippen LogP contribution is -2.07. The van der Waals surface area contributed by atoms with Gasteiger partial charge in [0.05, 0.1) is 5.56 Å². The van der Waals surface area contributed by atoms with E-state index in [0.717, 1.165) is 24.1 Å². The van der Waals surface area contributed by atoms with E-state index in [1.54, 1.807) is 18.3 Å². The van der Waals surface area contributed by atoms with Gasteiger partial charge in [-0.05, 0) is 36.6 Å². The number of aromatic carboxylic acids is 1. The SMILES string of the molecule is O=C(O)c1ccn(Cc2cccc(F)c2)c1C1CC1. The van der Waals surface area contributed by atoms with Crippen molar-refractivity contribution in [3.05, 3.63) is 59.2 Å². The summed E-state index contributed by atoms with van der Waals surface area (Å²) in [6.45, 7) is 0.511. The molecule has 4 heteroatoms. The molecule has 0 aliphatic heterocycles. The molecular formula is C15H14FNO2. The molecule has 1 aliphatic carbocycles. The van der Waals surface area contributed by atoms with Crippen LogP contribution < -0.4 is 0 Å². The number of rotatable bonds is 4. The van der Waals surface area contributed by atoms with Crippen molar-refractivity contribution >= 4 is 5.97 Å². The van der Waals surface area contributed by atoms with Gasteiger partial charge in [0.25, 0.3) is 0 Å². The van der Waals surface area contributed by atoms with Gasteiger partial charge in [0, 0.05) is 24.4 Å². The van der Waals surface area contributed by atoms with Crippen molar-refractivity contribution in [3.8, 4) is 0 Å². The van der Waals surface area contributed by atoms with Crippen LogP contribution in [0.15, 0.2) is 36.5 Å². The van der Waals surface area contributed by atoms with Crippen molar-refractivity contribution in [1.29, 1.82) is 0 Å². The van der Waals surface area contributed by atoms with Gasteiger partial charge in [-0.25, -0.2) is 9.18 Å². The van der Waals surface area contributed by atoms with Crippen molar-refractivity contribution in [1.82, 2.24) is 4.57 Å². The highest BCUT2D eigenvalue weighted by Crippen LogP contribution is 2.42. The summed E-state index contributed by atoms with van der Waals surface area (Å²) in [6.07, 6.45) is 3.85. The molecule has 0 amide bonds. The molecule has 1 aromatic heterocycles. The molecule has 1 heterocycles. The zero-order valence-electron chi connectivity index (χ0n) is 10.3. The average Bonchev–Trinajstić information content (AvgIpc) is 3.11. The maximum absolute atomic E-state index is 13.2. The van der Waals surface area contributed by atoms with Crippen LogP contribution in [0.5, 0.6) is 0 Å². The van der Waals surface area contributed by atoms with E-state index >= 15 is 0 Å². The highest BCUT2D eigenvalue weighted by molar-refractivity contribution is 5.89. The average molecular weight is 259 g/mol. The van der Waals surface area contributed by atoms with Gasteiger partial charge in [-0.2, -0.15) is 0 Å². The first-order valence-corrected chi connectivity index (χ1v) is 6.32. The molecule has 0 atom stereocenters. The fraction of sp³-hybridized carbons (Fsp3) is 0.267. The monoisotopic (exact) mass is 259 g/mol. The molecule has 0 radical (unpaired) electrons. The summed E-state index contributed by atoms with van der Waals surface area (Å²) in [7, 11) is 0. The van der Waals surface area contributed by atoms with Crippen LogP contribution in [0.3, 0.4) is 0 Å². The summed E-state index contributed by atoms with van der Waals surface area (Å²) in [6, 6.07) is 8.04. The van der Waals surface area contributed by atoms with E-state index in [9.17, 15) is 14.3 Å². The summed E-state index contributed by atoms with van der Waals surface area (Å²) in [5.41, 5.74) is 2.09. The molecule has 1 saturated carbocycles. The summed E-state index contributed by atoms with van der Waals surface area (Å²) in [4.78, 5) is 11.2. The van der Waals surface area contributed by atoms with Gasteiger partial charge in [-0.3, -0.25) is 0 Å². The molecule has 0 unspecified atom stereocenters. The van der Waals surface area contributed by atoms with E-state index in [4.69, 9.17) is 0 Å². The molecule has 98 valence electrons. The van der Waals surface area contributed by atoms with Gasteiger partial charge in [-0.15, -0.1) is 0 Å². The molecular weight excluding hydrogens is 245 g/mol. The second-order valence-corrected chi connectivity index (χ2v) is 4.95. The van der Waals surface area contributed by atoms with E-state index in [2.05, 4.69) is 0 Å². The minimum atomic E-state index is -0.889. The molecule has 2 aromatic rings. The van der Waals surface area contributed by atoms with Crippen LogP contribution in [0, 0.1) is 5.82 Å². The predicted molar refractivity (Wildman–Crippen MR) is 68.9 cm³/mol. The van der Waals surface area contributed by atoms with Gasteiger partial charge < -0.3 is 9.67 Å². The third-order valence-corrected chi connectivity index (χ3v) is 3.44. The van der Waals surface area contributed by atoms with Gasteiger partial charge in [0.2, 0.25) is 0 Å². The van der Waals surface area contributed by atoms with Crippen molar-refractivity contribution in [2.24, 2.45) is 0 Å². The van der Waals surface area contributed by atoms with E-state index in [-0.39, 0.29) is 5.82 Å². The zero-order valence-corrected chi connectivity index (χ0v) is 10.3. The van der Waals surface area contributed by atoms with Crippen molar-refractivity contribution in [2.75, 3.05) is 0 Å². The van der Waals surface area contributed by atoms with E-state index < -0.39 is 5.97 Å². The maximum Gasteiger partial charge on any atom is 0.337 e. The second kappa shape index (κ2) is 4.53. The first-order chi connectivity index (χ1) is 9.15. The Morgan fingerprint density at radius 1 is 1.37 bits per heavy atom. The van der Waals surface area contributed by atoms with Gasteiger partial charge in [0.1, 0.15) is 5.82 Å². The summed E-state index contributed by atoms with van der Waals surface area (Å²) in [5.74, 6) is -0.814. The molecule has 1 aliphatic rings. The molecule has 3 rings (SSSR count). The van der Waals surface area contributed by atoms with Crippen LogP contribution >= 0.6 is 0 Å². The number of halogens is 1. The first kappa shape index (κ1) is 12.0. The smallest absolute Gasteiger partial charge is 0.337 e. The van der Waals surface area contributed by atoms with Crippen LogP contribution in [-0.2, 0) is 6.54 Å². The zero-order chi connectivity index (χ0) is 13.4. The second-order valence-electron chi connectivity index (χ2n) is 4.95. The Hall–Kier alpha value is -2.10. The van der Waals surface area contributed by atoms with Crippen molar-refractivity contribution < 1.29 is 14.3 Å². The van der Waals surface area contributed by atoms with E-state index in [1.165, 1.54) is 12.1 Å². The molecule has 0 bridgehead atoms. The molecule has 19 heavy (non-hydrogen) atoms. The normalized spacial score (nSPS) is 14.6. The number of hydrogen-bond donors (Lipinski definition) is 1. The Morgan fingerprint density at radius 3 is 2.79 bits per heavy atom. The van der Waals surface area contributed by atoms with Crippen molar-refractivity contribution in [3.63, 3.8) is 0 Å². The molecule has 0 saturated heterocycles. The minimum absolute atomic E-state index is 0.268. The third-order valence-electron chi connectivity index (χ3n) is 3.44. The largest absolute Gasteiger partial charge is 0.478 e. The fourth-order valence-electron chi connectivity index (χ4n) is 2.45. The number of carboxylic acids is 1. The number of benzene rings is 1. The quantitative estimate of drug-likeness (QED) is 0.915. The lowest BCUT2D eigenvalue weighted by atomic mass is 10.1. The number of aromatic nitrogens is 1. The summed E-state index contributed by atoms with van der Waals surface area (Å²) >= 11 is 0. The van der Waals surface area contributed by atoms with Gasteiger partial charge in [0.15, 0.2) is 0 Å². The lowest BCUT2D eigenvalue weighted by Gasteiger charge is -2.10. The molecule has 0 spiro atoms. The Morgan fingerprint density at radius 2 is 2.16 bits per heavy atom. The number of hydrogen-bond acceptors (Lipinski definition) is 1. The minimum Gasteiger partial charge on any atom is -0.478 e. The summed E-state index contributed by atoms with van der Waals surface area (Å²) in [5, 5.41) is 9.19. The lowest BCUT2D eigenvalue weighted by molar-refractivity contribution is 0.0695. The Balaban J connectivity index is 1.94. The predicted octanol–water partition coefficient (Wildman–Crippen LogP) is 3.25. The van der Waals surface area contributed by atoms with E-state index in [0.29, 0.717) is 18.0 Å². The summed E-state index contributed by atoms with van der Waals surface area (Å²) < 4.78 is 15.1. The number of carbonyl (C=O) groups is 1. The molecule has 1 aromatic carbocycles. The van der Waals surface area contributed by atoms with Gasteiger partial charge in [-0.1, -0.05) is 12.1 Å². The topological polar surface area (TPSA) is 42.2 Å². The van der Waals surface area contributed by atoms with Crippen LogP contribution in [0.4, 0.5) is 4.39 Å². The number of carboxylic acid groups (broad SMARTS) is 1. The molecule has 3 nitrogen and oxygen atoms in total. The van der Waals surface area contributed by atoms with E-state index in [1.807, 2.05) is 10.6 Å². The highest BCUT2D eigenvalue weighted by Gasteiger charge is 2.31. The van der Waals surface area contributed by atoms with Gasteiger partial charge >= 0.3 is 5.97 Å². The number of nitrogens with zero attached hydrogens (tertiary/aromatic N) is 1. The maximum atomic E-state index is 13.2. The van der Waals surface area contributed by atoms with Crippen LogP contribution in [0.2, 0.25) is 0 Å². The van der Waals surface area contributed by atoms with Crippen LogP contribution in [-0.4, -0.2) is 15.6 Å². The first-order valence-electron chi connectivity index (χ1n) is 6.32.